The average molecular weight is 388 g/mol. The van der Waals surface area contributed by atoms with Gasteiger partial charge in [0, 0.05) is 32.1 Å². The lowest BCUT2D eigenvalue weighted by Crippen LogP contribution is -2.45. The van der Waals surface area contributed by atoms with Crippen LogP contribution >= 0.6 is 0 Å². The molecule has 5 nitrogen and oxygen atoms in total. The van der Waals surface area contributed by atoms with Crippen LogP contribution in [-0.2, 0) is 17.5 Å². The fraction of sp³-hybridized carbons (Fsp3) is 0.556. The van der Waals surface area contributed by atoms with Crippen molar-refractivity contribution < 1.29 is 22.4 Å². The van der Waals surface area contributed by atoms with Crippen LogP contribution in [0.15, 0.2) is 23.2 Å². The van der Waals surface area contributed by atoms with E-state index < -0.39 is 17.6 Å². The number of guanidine groups is 1. The highest BCUT2D eigenvalue weighted by molar-refractivity contribution is 5.80. The van der Waals surface area contributed by atoms with E-state index in [2.05, 4.69) is 15.6 Å². The molecular formula is C18H24F4N4O. The molecule has 1 aliphatic rings. The van der Waals surface area contributed by atoms with Crippen LogP contribution in [0.25, 0.3) is 0 Å². The van der Waals surface area contributed by atoms with Crippen molar-refractivity contribution in [3.05, 3.63) is 35.1 Å². The molecule has 27 heavy (non-hydrogen) atoms. The molecule has 1 fully saturated rings. The Morgan fingerprint density at radius 3 is 2.70 bits per heavy atom. The summed E-state index contributed by atoms with van der Waals surface area (Å²) in [6.07, 6.45) is -3.47. The van der Waals surface area contributed by atoms with Crippen LogP contribution in [0.2, 0.25) is 0 Å². The van der Waals surface area contributed by atoms with Gasteiger partial charge in [0.1, 0.15) is 5.82 Å². The number of aliphatic imine (C=N–C) groups is 1. The zero-order valence-electron chi connectivity index (χ0n) is 15.4. The van der Waals surface area contributed by atoms with Crippen LogP contribution in [0.5, 0.6) is 0 Å². The van der Waals surface area contributed by atoms with Crippen molar-refractivity contribution >= 4 is 11.9 Å². The van der Waals surface area contributed by atoms with Gasteiger partial charge in [-0.15, -0.1) is 0 Å². The van der Waals surface area contributed by atoms with Crippen molar-refractivity contribution in [2.24, 2.45) is 4.99 Å². The number of halogens is 4. The molecule has 1 amide bonds. The second-order valence-electron chi connectivity index (χ2n) is 6.32. The molecule has 0 radical (unpaired) electrons. The summed E-state index contributed by atoms with van der Waals surface area (Å²) in [6, 6.07) is 2.55. The number of benzene rings is 1. The first-order chi connectivity index (χ1) is 12.7. The minimum Gasteiger partial charge on any atom is -0.357 e. The Balaban J connectivity index is 2.09. The Labute approximate surface area is 155 Å². The molecule has 2 N–H and O–H groups in total. The lowest BCUT2D eigenvalue weighted by atomic mass is 10.1. The van der Waals surface area contributed by atoms with Gasteiger partial charge in [-0.1, -0.05) is 13.0 Å². The SMILES string of the molecule is CCNC(=NCc1ccc(F)cc1C(F)(F)F)NC1CCN(C(=O)CC)C1. The van der Waals surface area contributed by atoms with E-state index in [9.17, 15) is 22.4 Å². The van der Waals surface area contributed by atoms with E-state index in [-0.39, 0.29) is 24.1 Å². The van der Waals surface area contributed by atoms with Crippen LogP contribution in [0.4, 0.5) is 17.6 Å². The third kappa shape index (κ3) is 5.83. The minimum absolute atomic E-state index is 0.0198. The molecule has 1 aromatic rings. The highest BCUT2D eigenvalue weighted by Gasteiger charge is 2.33. The maximum atomic E-state index is 13.2. The van der Waals surface area contributed by atoms with Crippen molar-refractivity contribution in [2.75, 3.05) is 19.6 Å². The van der Waals surface area contributed by atoms with Gasteiger partial charge in [-0.3, -0.25) is 4.79 Å². The normalized spacial score (nSPS) is 17.9. The van der Waals surface area contributed by atoms with Crippen molar-refractivity contribution in [3.8, 4) is 0 Å². The molecule has 1 aliphatic heterocycles. The largest absolute Gasteiger partial charge is 0.416 e. The zero-order valence-corrected chi connectivity index (χ0v) is 15.4. The number of hydrogen-bond acceptors (Lipinski definition) is 2. The molecule has 0 saturated carbocycles. The molecule has 0 spiro atoms. The lowest BCUT2D eigenvalue weighted by Gasteiger charge is -2.19. The van der Waals surface area contributed by atoms with Gasteiger partial charge in [-0.05, 0) is 31.0 Å². The van der Waals surface area contributed by atoms with Crippen LogP contribution in [-0.4, -0.2) is 42.4 Å². The summed E-state index contributed by atoms with van der Waals surface area (Å²) in [7, 11) is 0. The summed E-state index contributed by atoms with van der Waals surface area (Å²) in [4.78, 5) is 17.7. The summed E-state index contributed by atoms with van der Waals surface area (Å²) in [5, 5.41) is 6.14. The van der Waals surface area contributed by atoms with Gasteiger partial charge in [-0.2, -0.15) is 13.2 Å². The van der Waals surface area contributed by atoms with Crippen LogP contribution in [0.3, 0.4) is 0 Å². The van der Waals surface area contributed by atoms with Gasteiger partial charge in [-0.25, -0.2) is 9.38 Å². The first-order valence-electron chi connectivity index (χ1n) is 8.92. The zero-order chi connectivity index (χ0) is 20.0. The molecule has 1 saturated heterocycles. The molecule has 1 aromatic carbocycles. The average Bonchev–Trinajstić information content (AvgIpc) is 3.07. The minimum atomic E-state index is -4.65. The standard InChI is InChI=1S/C18H24F4N4O/c1-3-16(27)26-8-7-14(11-26)25-17(23-4-2)24-10-12-5-6-13(19)9-15(12)18(20,21)22/h5-6,9,14H,3-4,7-8,10-11H2,1-2H3,(H2,23,24,25). The predicted molar refractivity (Wildman–Crippen MR) is 94.6 cm³/mol. The molecular weight excluding hydrogens is 364 g/mol. The van der Waals surface area contributed by atoms with Crippen LogP contribution in [0.1, 0.15) is 37.8 Å². The van der Waals surface area contributed by atoms with E-state index in [1.54, 1.807) is 11.8 Å². The number of nitrogens with zero attached hydrogens (tertiary/aromatic N) is 2. The smallest absolute Gasteiger partial charge is 0.357 e. The number of carbonyl (C=O) groups excluding carboxylic acids is 1. The Kier molecular flexibility index (Phi) is 7.04. The molecule has 0 aliphatic carbocycles. The van der Waals surface area contributed by atoms with Gasteiger partial charge in [0.15, 0.2) is 5.96 Å². The molecule has 2 rings (SSSR count). The van der Waals surface area contributed by atoms with Gasteiger partial charge in [0.05, 0.1) is 12.1 Å². The Morgan fingerprint density at radius 2 is 2.07 bits per heavy atom. The molecule has 0 aromatic heterocycles. The molecule has 150 valence electrons. The highest BCUT2D eigenvalue weighted by atomic mass is 19.4. The van der Waals surface area contributed by atoms with Gasteiger partial charge in [0.25, 0.3) is 0 Å². The van der Waals surface area contributed by atoms with Crippen molar-refractivity contribution in [1.82, 2.24) is 15.5 Å². The number of hydrogen-bond donors (Lipinski definition) is 2. The summed E-state index contributed by atoms with van der Waals surface area (Å²) in [5.41, 5.74) is -1.13. The Bertz CT molecular complexity index is 690. The second kappa shape index (κ2) is 9.05. The lowest BCUT2D eigenvalue weighted by molar-refractivity contribution is -0.138. The fourth-order valence-electron chi connectivity index (χ4n) is 2.96. The quantitative estimate of drug-likeness (QED) is 0.463. The molecule has 0 bridgehead atoms. The first kappa shape index (κ1) is 21.0. The third-order valence-corrected chi connectivity index (χ3v) is 4.31. The molecule has 1 atom stereocenters. The maximum Gasteiger partial charge on any atom is 0.416 e. The van der Waals surface area contributed by atoms with E-state index in [0.717, 1.165) is 18.6 Å². The number of rotatable bonds is 5. The summed E-state index contributed by atoms with van der Waals surface area (Å²) < 4.78 is 52.5. The van der Waals surface area contributed by atoms with Crippen molar-refractivity contribution in [2.45, 2.75) is 45.5 Å². The number of carbonyl (C=O) groups is 1. The summed E-state index contributed by atoms with van der Waals surface area (Å²) in [5.74, 6) is -0.500. The summed E-state index contributed by atoms with van der Waals surface area (Å²) in [6.45, 7) is 5.11. The van der Waals surface area contributed by atoms with Gasteiger partial charge < -0.3 is 15.5 Å². The molecule has 1 heterocycles. The van der Waals surface area contributed by atoms with E-state index in [4.69, 9.17) is 0 Å². The van der Waals surface area contributed by atoms with E-state index in [1.807, 2.05) is 6.92 Å². The van der Waals surface area contributed by atoms with Crippen molar-refractivity contribution in [1.29, 1.82) is 0 Å². The van der Waals surface area contributed by atoms with Gasteiger partial charge >= 0.3 is 6.18 Å². The van der Waals surface area contributed by atoms with E-state index in [1.165, 1.54) is 0 Å². The van der Waals surface area contributed by atoms with E-state index in [0.29, 0.717) is 38.1 Å². The predicted octanol–water partition coefficient (Wildman–Crippen LogP) is 2.91. The fourth-order valence-corrected chi connectivity index (χ4v) is 2.96. The monoisotopic (exact) mass is 388 g/mol. The van der Waals surface area contributed by atoms with Crippen molar-refractivity contribution in [3.63, 3.8) is 0 Å². The number of amides is 1. The van der Waals surface area contributed by atoms with Crippen LogP contribution < -0.4 is 10.6 Å². The van der Waals surface area contributed by atoms with Gasteiger partial charge in [0.2, 0.25) is 5.91 Å². The number of alkyl halides is 3. The second-order valence-corrected chi connectivity index (χ2v) is 6.32. The first-order valence-corrected chi connectivity index (χ1v) is 8.92. The van der Waals surface area contributed by atoms with E-state index >= 15 is 0 Å². The summed E-state index contributed by atoms with van der Waals surface area (Å²) >= 11 is 0. The molecule has 9 heteroatoms. The maximum absolute atomic E-state index is 13.2. The third-order valence-electron chi connectivity index (χ3n) is 4.31. The molecule has 1 unspecified atom stereocenters. The highest BCUT2D eigenvalue weighted by Crippen LogP contribution is 2.32. The topological polar surface area (TPSA) is 56.7 Å². The Morgan fingerprint density at radius 1 is 1.33 bits per heavy atom. The number of nitrogens with one attached hydrogen (secondary N) is 2. The Hall–Kier alpha value is -2.32. The van der Waals surface area contributed by atoms with Crippen LogP contribution in [0, 0.1) is 5.82 Å². The number of likely N-dealkylation sites (tertiary alicyclic amines) is 1.